The third-order valence-corrected chi connectivity index (χ3v) is 11.9. The molecule has 0 amide bonds. The first-order valence-electron chi connectivity index (χ1n) is 24.9. The third kappa shape index (κ3) is 25.2. The number of esters is 2. The fourth-order valence-electron chi connectivity index (χ4n) is 7.73. The molecule has 374 valence electrons. The summed E-state index contributed by atoms with van der Waals surface area (Å²) < 4.78 is 33.5. The van der Waals surface area contributed by atoms with Gasteiger partial charge in [-0.15, -0.1) is 0 Å². The van der Waals surface area contributed by atoms with Crippen molar-refractivity contribution in [1.82, 2.24) is 0 Å². The highest BCUT2D eigenvalue weighted by Crippen LogP contribution is 2.26. The molecule has 15 nitrogen and oxygen atoms in total. The van der Waals surface area contributed by atoms with Gasteiger partial charge in [-0.2, -0.15) is 0 Å². The number of aliphatic hydroxyl groups excluding tert-OH is 7. The highest BCUT2D eigenvalue weighted by Gasteiger charge is 2.47. The van der Waals surface area contributed by atoms with Gasteiger partial charge in [-0.3, -0.25) is 9.59 Å². The van der Waals surface area contributed by atoms with Gasteiger partial charge in [0.1, 0.15) is 55.4 Å². The van der Waals surface area contributed by atoms with E-state index < -0.39 is 92.7 Å². The van der Waals surface area contributed by atoms with Crippen molar-refractivity contribution >= 4 is 11.9 Å². The fourth-order valence-corrected chi connectivity index (χ4v) is 7.73. The van der Waals surface area contributed by atoms with Gasteiger partial charge in [0.2, 0.25) is 0 Å². The van der Waals surface area contributed by atoms with E-state index in [4.69, 9.17) is 28.4 Å². The second-order valence-electron chi connectivity index (χ2n) is 17.6. The average Bonchev–Trinajstić information content (AvgIpc) is 3.29. The lowest BCUT2D eigenvalue weighted by atomic mass is 9.98. The standard InChI is InChI=1S/C49H88O15/c1-3-5-7-9-11-13-15-17-18-20-22-24-26-28-30-32-41(52)62-37(34-59-40(51)31-29-27-25-23-21-19-16-14-12-10-8-6-4-2)35-60-48-47(58)45(56)43(54)39(64-48)36-61-49-46(57)44(55)42(53)38(33-50)63-49/h14,16-18,37-39,42-50,53-58H,3-13,15,19-36H2,1-2H3/b16-14+,18-17+/t37-,38-,39-,42+,43+,44?,45?,46?,47?,48-,49-/m1/s1. The summed E-state index contributed by atoms with van der Waals surface area (Å²) in [5, 5.41) is 72.0. The number of ether oxygens (including phenoxy) is 6. The molecule has 2 aliphatic heterocycles. The van der Waals surface area contributed by atoms with Crippen LogP contribution in [0.3, 0.4) is 0 Å². The van der Waals surface area contributed by atoms with Crippen molar-refractivity contribution in [2.75, 3.05) is 26.4 Å². The first kappa shape index (κ1) is 58.1. The van der Waals surface area contributed by atoms with Crippen molar-refractivity contribution in [3.63, 3.8) is 0 Å². The highest BCUT2D eigenvalue weighted by molar-refractivity contribution is 5.70. The molecule has 2 heterocycles. The molecule has 7 N–H and O–H groups in total. The van der Waals surface area contributed by atoms with Gasteiger partial charge in [0.05, 0.1) is 19.8 Å². The molecular weight excluding hydrogens is 829 g/mol. The summed E-state index contributed by atoms with van der Waals surface area (Å²) in [5.41, 5.74) is 0. The normalized spacial score (nSPS) is 26.8. The fraction of sp³-hybridized carbons (Fsp3) is 0.878. The van der Waals surface area contributed by atoms with E-state index >= 15 is 0 Å². The Morgan fingerprint density at radius 2 is 0.891 bits per heavy atom. The maximum atomic E-state index is 13.0. The molecule has 15 heteroatoms. The molecule has 2 rings (SSSR count). The van der Waals surface area contributed by atoms with Crippen LogP contribution in [0.1, 0.15) is 181 Å². The van der Waals surface area contributed by atoms with E-state index in [1.165, 1.54) is 64.2 Å². The second kappa shape index (κ2) is 37.0. The predicted molar refractivity (Wildman–Crippen MR) is 243 cm³/mol. The minimum Gasteiger partial charge on any atom is -0.462 e. The minimum absolute atomic E-state index is 0.155. The van der Waals surface area contributed by atoms with Gasteiger partial charge in [0.15, 0.2) is 18.7 Å². The molecule has 0 aliphatic carbocycles. The van der Waals surface area contributed by atoms with E-state index in [9.17, 15) is 45.3 Å². The van der Waals surface area contributed by atoms with Gasteiger partial charge >= 0.3 is 11.9 Å². The average molecular weight is 917 g/mol. The van der Waals surface area contributed by atoms with Crippen molar-refractivity contribution in [3.05, 3.63) is 24.3 Å². The maximum absolute atomic E-state index is 13.0. The summed E-state index contributed by atoms with van der Waals surface area (Å²) in [5.74, 6) is -0.942. The Bertz CT molecular complexity index is 1220. The molecule has 2 saturated heterocycles. The Labute approximate surface area is 383 Å². The highest BCUT2D eigenvalue weighted by atomic mass is 16.7. The van der Waals surface area contributed by atoms with Crippen molar-refractivity contribution < 1.29 is 73.8 Å². The number of allylic oxidation sites excluding steroid dienone is 4. The molecule has 0 radical (unpaired) electrons. The summed E-state index contributed by atoms with van der Waals surface area (Å²) in [7, 11) is 0. The largest absolute Gasteiger partial charge is 0.462 e. The van der Waals surface area contributed by atoms with E-state index in [1.807, 2.05) is 0 Å². The summed E-state index contributed by atoms with van der Waals surface area (Å²) in [4.78, 5) is 25.7. The van der Waals surface area contributed by atoms with Crippen LogP contribution in [0.5, 0.6) is 0 Å². The molecule has 0 saturated carbocycles. The Morgan fingerprint density at radius 1 is 0.484 bits per heavy atom. The van der Waals surface area contributed by atoms with Crippen LogP contribution in [0.2, 0.25) is 0 Å². The predicted octanol–water partition coefficient (Wildman–Crippen LogP) is 6.38. The molecule has 0 aromatic carbocycles. The van der Waals surface area contributed by atoms with Crippen molar-refractivity contribution in [2.45, 2.75) is 248 Å². The SMILES string of the molecule is CCCCCC/C=C/CCCCCCCC(=O)OC[C@H](CO[C@@H]1O[C@H](CO[C@@H]2O[C@H](CO)[C@H](O)C(O)C2O)[C@H](O)C(O)C1O)OC(=O)CCCCCCC/C=C/CCCCCCCC. The summed E-state index contributed by atoms with van der Waals surface area (Å²) in [6.07, 6.45) is 19.2. The Morgan fingerprint density at radius 3 is 1.39 bits per heavy atom. The lowest BCUT2D eigenvalue weighted by Crippen LogP contribution is -2.61. The van der Waals surface area contributed by atoms with Gasteiger partial charge in [0.25, 0.3) is 0 Å². The van der Waals surface area contributed by atoms with Crippen LogP contribution in [0.25, 0.3) is 0 Å². The molecule has 0 bridgehead atoms. The monoisotopic (exact) mass is 917 g/mol. The van der Waals surface area contributed by atoms with Crippen LogP contribution in [0, 0.1) is 0 Å². The molecule has 2 aliphatic rings. The van der Waals surface area contributed by atoms with Gasteiger partial charge in [0, 0.05) is 12.8 Å². The topological polar surface area (TPSA) is 231 Å². The van der Waals surface area contributed by atoms with E-state index in [2.05, 4.69) is 38.2 Å². The molecular formula is C49H88O15. The number of carbonyl (C=O) groups is 2. The van der Waals surface area contributed by atoms with Gasteiger partial charge in [-0.1, -0.05) is 128 Å². The quantitative estimate of drug-likeness (QED) is 0.0203. The van der Waals surface area contributed by atoms with Crippen LogP contribution in [-0.2, 0) is 38.0 Å². The molecule has 0 aromatic heterocycles. The molecule has 64 heavy (non-hydrogen) atoms. The van der Waals surface area contributed by atoms with E-state index in [1.54, 1.807) is 0 Å². The van der Waals surface area contributed by atoms with Crippen molar-refractivity contribution in [1.29, 1.82) is 0 Å². The number of hydrogen-bond donors (Lipinski definition) is 7. The summed E-state index contributed by atoms with van der Waals surface area (Å²) in [6, 6.07) is 0. The van der Waals surface area contributed by atoms with Crippen molar-refractivity contribution in [2.24, 2.45) is 0 Å². The first-order valence-corrected chi connectivity index (χ1v) is 24.9. The van der Waals surface area contributed by atoms with E-state index in [0.717, 1.165) is 77.0 Å². The molecule has 2 fully saturated rings. The van der Waals surface area contributed by atoms with E-state index in [0.29, 0.717) is 12.8 Å². The first-order chi connectivity index (χ1) is 31.0. The van der Waals surface area contributed by atoms with Gasteiger partial charge < -0.3 is 64.2 Å². The van der Waals surface area contributed by atoms with Crippen LogP contribution >= 0.6 is 0 Å². The number of carbonyl (C=O) groups excluding carboxylic acids is 2. The maximum Gasteiger partial charge on any atom is 0.306 e. The zero-order valence-corrected chi connectivity index (χ0v) is 39.3. The third-order valence-electron chi connectivity index (χ3n) is 11.9. The number of unbranched alkanes of at least 4 members (excludes halogenated alkanes) is 20. The Kier molecular flexibility index (Phi) is 33.6. The summed E-state index contributed by atoms with van der Waals surface area (Å²) in [6.45, 7) is 2.55. The van der Waals surface area contributed by atoms with Crippen LogP contribution < -0.4 is 0 Å². The summed E-state index contributed by atoms with van der Waals surface area (Å²) >= 11 is 0. The smallest absolute Gasteiger partial charge is 0.306 e. The molecule has 4 unspecified atom stereocenters. The van der Waals surface area contributed by atoms with Gasteiger partial charge in [-0.25, -0.2) is 0 Å². The molecule has 0 aromatic rings. The zero-order valence-electron chi connectivity index (χ0n) is 39.3. The van der Waals surface area contributed by atoms with Crippen LogP contribution in [-0.4, -0.2) is 142 Å². The zero-order chi connectivity index (χ0) is 46.8. The van der Waals surface area contributed by atoms with Crippen LogP contribution in [0.15, 0.2) is 24.3 Å². The molecule has 11 atom stereocenters. The minimum atomic E-state index is -1.76. The van der Waals surface area contributed by atoms with Crippen LogP contribution in [0.4, 0.5) is 0 Å². The number of rotatable bonds is 38. The second-order valence-corrected chi connectivity index (χ2v) is 17.6. The molecule has 0 spiro atoms. The van der Waals surface area contributed by atoms with Crippen molar-refractivity contribution in [3.8, 4) is 0 Å². The Balaban J connectivity index is 1.83. The number of hydrogen-bond acceptors (Lipinski definition) is 15. The number of aliphatic hydroxyl groups is 7. The lowest BCUT2D eigenvalue weighted by Gasteiger charge is -2.42. The lowest BCUT2D eigenvalue weighted by molar-refractivity contribution is -0.332. The van der Waals surface area contributed by atoms with Gasteiger partial charge in [-0.05, 0) is 64.2 Å². The Hall–Kier alpha value is -2.02. The van der Waals surface area contributed by atoms with E-state index in [-0.39, 0.29) is 26.1 Å².